The Labute approximate surface area is 105 Å². The average Bonchev–Trinajstić information content (AvgIpc) is 2.42. The number of hydrogen-bond acceptors (Lipinski definition) is 3. The normalized spacial score (nSPS) is 20.7. The van der Waals surface area contributed by atoms with Gasteiger partial charge in [-0.3, -0.25) is 0 Å². The van der Waals surface area contributed by atoms with Gasteiger partial charge >= 0.3 is 0 Å². The van der Waals surface area contributed by atoms with Crippen LogP contribution in [0.4, 0.5) is 8.78 Å². The maximum Gasteiger partial charge on any atom is 0.163 e. The molecule has 0 amide bonds. The molecule has 0 radical (unpaired) electrons. The van der Waals surface area contributed by atoms with Crippen molar-refractivity contribution < 1.29 is 18.3 Å². The van der Waals surface area contributed by atoms with E-state index in [0.29, 0.717) is 26.1 Å². The molecule has 1 saturated heterocycles. The van der Waals surface area contributed by atoms with Crippen LogP contribution >= 0.6 is 0 Å². The third-order valence-corrected chi connectivity index (χ3v) is 3.63. The summed E-state index contributed by atoms with van der Waals surface area (Å²) in [7, 11) is 1.54. The van der Waals surface area contributed by atoms with Crippen LogP contribution in [0.1, 0.15) is 24.4 Å². The lowest BCUT2D eigenvalue weighted by atomic mass is 9.82. The Morgan fingerprint density at radius 3 is 2.61 bits per heavy atom. The fourth-order valence-electron chi connectivity index (χ4n) is 2.40. The first-order valence-electron chi connectivity index (χ1n) is 5.93. The standard InChI is InChI=1S/C13H17F2NO2/c1-17-13(5-7-18-8-6-13)12(16)9-3-2-4-10(14)11(9)15/h2-4,12H,5-8,16H2,1H3. The van der Waals surface area contributed by atoms with E-state index < -0.39 is 23.3 Å². The Morgan fingerprint density at radius 2 is 2.00 bits per heavy atom. The van der Waals surface area contributed by atoms with E-state index in [1.54, 1.807) is 7.11 Å². The van der Waals surface area contributed by atoms with Crippen molar-refractivity contribution in [3.8, 4) is 0 Å². The van der Waals surface area contributed by atoms with E-state index in [-0.39, 0.29) is 5.56 Å². The summed E-state index contributed by atoms with van der Waals surface area (Å²) in [6.45, 7) is 1.02. The van der Waals surface area contributed by atoms with E-state index >= 15 is 0 Å². The smallest absolute Gasteiger partial charge is 0.163 e. The predicted octanol–water partition coefficient (Wildman–Crippen LogP) is 2.16. The summed E-state index contributed by atoms with van der Waals surface area (Å²) in [5.41, 5.74) is 5.56. The molecular weight excluding hydrogens is 240 g/mol. The van der Waals surface area contributed by atoms with Gasteiger partial charge in [0.15, 0.2) is 11.6 Å². The summed E-state index contributed by atoms with van der Waals surface area (Å²) in [6.07, 6.45) is 1.14. The molecule has 100 valence electrons. The zero-order valence-electron chi connectivity index (χ0n) is 10.3. The van der Waals surface area contributed by atoms with Gasteiger partial charge in [-0.15, -0.1) is 0 Å². The zero-order valence-corrected chi connectivity index (χ0v) is 10.3. The van der Waals surface area contributed by atoms with Crippen molar-refractivity contribution in [3.05, 3.63) is 35.4 Å². The van der Waals surface area contributed by atoms with Gasteiger partial charge in [0.05, 0.1) is 11.6 Å². The minimum Gasteiger partial charge on any atom is -0.381 e. The lowest BCUT2D eigenvalue weighted by Crippen LogP contribution is -2.47. The molecule has 0 aliphatic carbocycles. The summed E-state index contributed by atoms with van der Waals surface area (Å²) in [5.74, 6) is -1.78. The largest absolute Gasteiger partial charge is 0.381 e. The minimum absolute atomic E-state index is 0.152. The van der Waals surface area contributed by atoms with Crippen molar-refractivity contribution in [1.82, 2.24) is 0 Å². The molecule has 3 nitrogen and oxygen atoms in total. The highest BCUT2D eigenvalue weighted by molar-refractivity contribution is 5.25. The first-order valence-corrected chi connectivity index (χ1v) is 5.93. The van der Waals surface area contributed by atoms with Crippen LogP contribution in [0, 0.1) is 11.6 Å². The Kier molecular flexibility index (Phi) is 3.94. The summed E-state index contributed by atoms with van der Waals surface area (Å²) in [6, 6.07) is 3.33. The van der Waals surface area contributed by atoms with E-state index in [1.165, 1.54) is 12.1 Å². The zero-order chi connectivity index (χ0) is 13.2. The van der Waals surface area contributed by atoms with Gasteiger partial charge in [0.25, 0.3) is 0 Å². The van der Waals surface area contributed by atoms with E-state index in [9.17, 15) is 8.78 Å². The van der Waals surface area contributed by atoms with Gasteiger partial charge in [0, 0.05) is 38.7 Å². The monoisotopic (exact) mass is 257 g/mol. The third-order valence-electron chi connectivity index (χ3n) is 3.63. The van der Waals surface area contributed by atoms with Crippen molar-refractivity contribution in [2.24, 2.45) is 5.73 Å². The average molecular weight is 257 g/mol. The van der Waals surface area contributed by atoms with Gasteiger partial charge in [-0.2, -0.15) is 0 Å². The lowest BCUT2D eigenvalue weighted by Gasteiger charge is -2.40. The number of nitrogens with two attached hydrogens (primary N) is 1. The van der Waals surface area contributed by atoms with Crippen LogP contribution in [0.5, 0.6) is 0 Å². The molecule has 2 N–H and O–H groups in total. The molecule has 0 spiro atoms. The molecule has 1 unspecified atom stereocenters. The lowest BCUT2D eigenvalue weighted by molar-refractivity contribution is -0.105. The van der Waals surface area contributed by atoms with Gasteiger partial charge in [-0.05, 0) is 6.07 Å². The van der Waals surface area contributed by atoms with Crippen LogP contribution in [0.2, 0.25) is 0 Å². The van der Waals surface area contributed by atoms with E-state index in [1.807, 2.05) is 0 Å². The highest BCUT2D eigenvalue weighted by atomic mass is 19.2. The SMILES string of the molecule is COC1(C(N)c2cccc(F)c2F)CCOCC1. The summed E-state index contributed by atoms with van der Waals surface area (Å²) in [5, 5.41) is 0. The van der Waals surface area contributed by atoms with Gasteiger partial charge in [0.2, 0.25) is 0 Å². The molecule has 2 rings (SSSR count). The van der Waals surface area contributed by atoms with Crippen molar-refractivity contribution >= 4 is 0 Å². The van der Waals surface area contributed by atoms with Crippen molar-refractivity contribution in [2.75, 3.05) is 20.3 Å². The second-order valence-electron chi connectivity index (χ2n) is 4.50. The molecule has 1 atom stereocenters. The van der Waals surface area contributed by atoms with Crippen LogP contribution in [-0.4, -0.2) is 25.9 Å². The summed E-state index contributed by atoms with van der Waals surface area (Å²) < 4.78 is 37.8. The van der Waals surface area contributed by atoms with Crippen molar-refractivity contribution in [1.29, 1.82) is 0 Å². The number of rotatable bonds is 3. The number of benzene rings is 1. The molecular formula is C13H17F2NO2. The van der Waals surface area contributed by atoms with Crippen molar-refractivity contribution in [3.63, 3.8) is 0 Å². The number of hydrogen-bond donors (Lipinski definition) is 1. The van der Waals surface area contributed by atoms with Crippen molar-refractivity contribution in [2.45, 2.75) is 24.5 Å². The first kappa shape index (κ1) is 13.4. The topological polar surface area (TPSA) is 44.5 Å². The third kappa shape index (κ3) is 2.25. The Hall–Kier alpha value is -1.04. The molecule has 1 aromatic carbocycles. The Balaban J connectivity index is 2.33. The molecule has 1 aliphatic heterocycles. The molecule has 1 aliphatic rings. The maximum atomic E-state index is 13.8. The Morgan fingerprint density at radius 1 is 1.33 bits per heavy atom. The van der Waals surface area contributed by atoms with E-state index in [4.69, 9.17) is 15.2 Å². The molecule has 1 fully saturated rings. The van der Waals surface area contributed by atoms with E-state index in [0.717, 1.165) is 6.07 Å². The quantitative estimate of drug-likeness (QED) is 0.902. The van der Waals surface area contributed by atoms with Crippen LogP contribution in [0.15, 0.2) is 18.2 Å². The maximum absolute atomic E-state index is 13.8. The summed E-state index contributed by atoms with van der Waals surface area (Å²) in [4.78, 5) is 0. The molecule has 0 saturated carbocycles. The fourth-order valence-corrected chi connectivity index (χ4v) is 2.40. The van der Waals surface area contributed by atoms with Crippen LogP contribution in [-0.2, 0) is 9.47 Å². The molecule has 18 heavy (non-hydrogen) atoms. The predicted molar refractivity (Wildman–Crippen MR) is 63.1 cm³/mol. The molecule has 1 aromatic rings. The van der Waals surface area contributed by atoms with Gasteiger partial charge in [-0.25, -0.2) is 8.78 Å². The van der Waals surface area contributed by atoms with Gasteiger partial charge in [0.1, 0.15) is 0 Å². The first-order chi connectivity index (χ1) is 8.60. The summed E-state index contributed by atoms with van der Waals surface area (Å²) >= 11 is 0. The minimum atomic E-state index is -0.895. The number of ether oxygens (including phenoxy) is 2. The second kappa shape index (κ2) is 5.30. The van der Waals surface area contributed by atoms with Crippen LogP contribution in [0.3, 0.4) is 0 Å². The van der Waals surface area contributed by atoms with E-state index in [2.05, 4.69) is 0 Å². The highest BCUT2D eigenvalue weighted by Crippen LogP contribution is 2.36. The van der Waals surface area contributed by atoms with Crippen LogP contribution < -0.4 is 5.73 Å². The number of methoxy groups -OCH3 is 1. The van der Waals surface area contributed by atoms with Gasteiger partial charge < -0.3 is 15.2 Å². The molecule has 5 heteroatoms. The highest BCUT2D eigenvalue weighted by Gasteiger charge is 2.40. The number of halogens is 2. The molecule has 1 heterocycles. The van der Waals surface area contributed by atoms with Gasteiger partial charge in [-0.1, -0.05) is 12.1 Å². The fraction of sp³-hybridized carbons (Fsp3) is 0.538. The van der Waals surface area contributed by atoms with Crippen LogP contribution in [0.25, 0.3) is 0 Å². The molecule has 0 bridgehead atoms. The molecule has 0 aromatic heterocycles. The Bertz CT molecular complexity index is 419. The second-order valence-corrected chi connectivity index (χ2v) is 4.50.